The Kier molecular flexibility index (Phi) is 13.8. The van der Waals surface area contributed by atoms with Crippen LogP contribution < -0.4 is 0 Å². The molecule has 3 aliphatic heterocycles. The van der Waals surface area contributed by atoms with Crippen LogP contribution in [0.25, 0.3) is 41.8 Å². The van der Waals surface area contributed by atoms with E-state index in [0.29, 0.717) is 0 Å². The minimum absolute atomic E-state index is 0.303. The van der Waals surface area contributed by atoms with Crippen molar-refractivity contribution in [2.75, 3.05) is 19.8 Å². The van der Waals surface area contributed by atoms with Crippen LogP contribution in [0.15, 0.2) is 20.5 Å². The molecule has 4 rings (SSSR count). The standard InChI is InChI=1S/C23H36N12O14/c24-32-28-3-9-15(40)8(38)2-12(44-9)47-20-11(5-37)46-23(18(20)43)49-21-14(39)6(29-33-25)1-7(30-34-26)19(21)48-22-13(31-35-27)17(42)16(41)10(4-36)45-22/h6-23,36-43H,1-5H2/t6-,7?,8?,9+,10?,11-,12-,13?,14?,15+,16-,17-,18?,19-,20+,21-,22-,23+/m1/s1. The smallest absolute Gasteiger partial charge is 0.187 e. The predicted molar refractivity (Wildman–Crippen MR) is 153 cm³/mol. The molecule has 26 nitrogen and oxygen atoms in total. The van der Waals surface area contributed by atoms with Gasteiger partial charge in [0.05, 0.1) is 62.4 Å². The Labute approximate surface area is 274 Å². The van der Waals surface area contributed by atoms with Gasteiger partial charge in [-0.05, 0) is 28.5 Å². The summed E-state index contributed by atoms with van der Waals surface area (Å²) >= 11 is 0. The van der Waals surface area contributed by atoms with Gasteiger partial charge in [0.25, 0.3) is 0 Å². The van der Waals surface area contributed by atoms with Crippen molar-refractivity contribution in [1.29, 1.82) is 0 Å². The molecule has 18 atom stereocenters. The third kappa shape index (κ3) is 8.53. The van der Waals surface area contributed by atoms with E-state index in [1.54, 1.807) is 0 Å². The van der Waals surface area contributed by atoms with Crippen molar-refractivity contribution in [3.63, 3.8) is 0 Å². The fraction of sp³-hybridized carbons (Fsp3) is 1.00. The minimum Gasteiger partial charge on any atom is -0.394 e. The van der Waals surface area contributed by atoms with E-state index < -0.39 is 123 Å². The summed E-state index contributed by atoms with van der Waals surface area (Å²) in [6.45, 7) is -1.94. The molecule has 272 valence electrons. The van der Waals surface area contributed by atoms with Gasteiger partial charge in [0.1, 0.15) is 48.8 Å². The lowest BCUT2D eigenvalue weighted by molar-refractivity contribution is -0.310. The zero-order chi connectivity index (χ0) is 35.8. The molecule has 0 amide bonds. The summed E-state index contributed by atoms with van der Waals surface area (Å²) < 4.78 is 34.5. The van der Waals surface area contributed by atoms with Crippen LogP contribution in [0.1, 0.15) is 12.8 Å². The third-order valence-corrected chi connectivity index (χ3v) is 8.57. The molecule has 0 radical (unpaired) electrons. The molecule has 4 aliphatic rings. The summed E-state index contributed by atoms with van der Waals surface area (Å²) in [7, 11) is 0. The highest BCUT2D eigenvalue weighted by Gasteiger charge is 2.54. The third-order valence-electron chi connectivity index (χ3n) is 8.57. The van der Waals surface area contributed by atoms with E-state index in [-0.39, 0.29) is 19.4 Å². The highest BCUT2D eigenvalue weighted by atomic mass is 16.8. The Morgan fingerprint density at radius 1 is 0.571 bits per heavy atom. The summed E-state index contributed by atoms with van der Waals surface area (Å²) in [5, 5.41) is 97.5. The summed E-state index contributed by atoms with van der Waals surface area (Å²) in [5.74, 6) is 0. The van der Waals surface area contributed by atoms with Gasteiger partial charge in [-0.15, -0.1) is 0 Å². The lowest BCUT2D eigenvalue weighted by Gasteiger charge is -2.46. The second kappa shape index (κ2) is 17.6. The Hall–Kier alpha value is -3.32. The van der Waals surface area contributed by atoms with Gasteiger partial charge >= 0.3 is 0 Å². The maximum atomic E-state index is 11.3. The number of rotatable bonds is 13. The van der Waals surface area contributed by atoms with E-state index in [9.17, 15) is 46.4 Å². The first-order valence-corrected chi connectivity index (χ1v) is 14.9. The molecular formula is C23H36N12O14. The van der Waals surface area contributed by atoms with Crippen LogP contribution in [0.2, 0.25) is 0 Å². The molecule has 1 saturated carbocycles. The Morgan fingerprint density at radius 3 is 1.84 bits per heavy atom. The topological polar surface area (TPSA) is 412 Å². The molecule has 6 unspecified atom stereocenters. The average Bonchev–Trinajstić information content (AvgIpc) is 3.38. The second-order valence-corrected chi connectivity index (χ2v) is 11.5. The van der Waals surface area contributed by atoms with Crippen LogP contribution in [0.4, 0.5) is 0 Å². The molecule has 3 saturated heterocycles. The van der Waals surface area contributed by atoms with Gasteiger partial charge in [-0.25, -0.2) is 0 Å². The van der Waals surface area contributed by atoms with E-state index in [1.165, 1.54) is 0 Å². The fourth-order valence-corrected chi connectivity index (χ4v) is 6.09. The van der Waals surface area contributed by atoms with Gasteiger partial charge < -0.3 is 69.3 Å². The van der Waals surface area contributed by atoms with E-state index >= 15 is 0 Å². The minimum atomic E-state index is -1.82. The summed E-state index contributed by atoms with van der Waals surface area (Å²) in [6.07, 6.45) is -24.0. The Balaban J connectivity index is 1.61. The van der Waals surface area contributed by atoms with Crippen molar-refractivity contribution in [3.8, 4) is 0 Å². The number of aliphatic hydroxyl groups excluding tert-OH is 8. The molecular weight excluding hydrogens is 668 g/mol. The van der Waals surface area contributed by atoms with Gasteiger partial charge in [0, 0.05) is 26.1 Å². The SMILES string of the molecule is [N-]=[N+]=NC[C@@H]1O[C@H](O[C@@H]2C(O)[C@H](O[C@@H]3C(O)[C@H](N=[N+]=[N-])CC(N=[N+]=[N-])[C@H]3O[C@H]3OC(CO)[C@@H](O)[C@H](O)C3N=[N+]=[N-])O[C@@H]2CO)CC(O)[C@@H]1O. The molecule has 3 heterocycles. The van der Waals surface area contributed by atoms with Gasteiger partial charge in [0.15, 0.2) is 18.9 Å². The molecule has 0 aromatic carbocycles. The molecule has 1 aliphatic carbocycles. The first kappa shape index (κ1) is 38.5. The van der Waals surface area contributed by atoms with Gasteiger partial charge in [-0.1, -0.05) is 20.5 Å². The number of hydrogen-bond donors (Lipinski definition) is 8. The maximum absolute atomic E-state index is 11.3. The lowest BCUT2D eigenvalue weighted by Crippen LogP contribution is -2.63. The Morgan fingerprint density at radius 2 is 1.20 bits per heavy atom. The normalized spacial score (nSPS) is 45.2. The average molecular weight is 705 g/mol. The molecule has 49 heavy (non-hydrogen) atoms. The lowest BCUT2D eigenvalue weighted by atomic mass is 9.84. The molecule has 0 aromatic heterocycles. The van der Waals surface area contributed by atoms with Crippen LogP contribution in [0, 0.1) is 0 Å². The van der Waals surface area contributed by atoms with Gasteiger partial charge in [0.2, 0.25) is 0 Å². The number of nitrogens with zero attached hydrogens (tertiary/aromatic N) is 12. The van der Waals surface area contributed by atoms with Crippen molar-refractivity contribution < 1.29 is 69.3 Å². The maximum Gasteiger partial charge on any atom is 0.187 e. The van der Waals surface area contributed by atoms with Gasteiger partial charge in [-0.3, -0.25) is 0 Å². The quantitative estimate of drug-likeness (QED) is 0.0563. The molecule has 0 aromatic rings. The summed E-state index contributed by atoms with van der Waals surface area (Å²) in [6, 6.07) is -4.27. The largest absolute Gasteiger partial charge is 0.394 e. The van der Waals surface area contributed by atoms with Crippen molar-refractivity contribution in [1.82, 2.24) is 0 Å². The van der Waals surface area contributed by atoms with Crippen LogP contribution >= 0.6 is 0 Å². The highest BCUT2D eigenvalue weighted by molar-refractivity contribution is 5.04. The first-order valence-electron chi connectivity index (χ1n) is 14.9. The molecule has 4 fully saturated rings. The van der Waals surface area contributed by atoms with Crippen LogP contribution in [-0.2, 0) is 28.4 Å². The van der Waals surface area contributed by atoms with Gasteiger partial charge in [-0.2, -0.15) is 0 Å². The van der Waals surface area contributed by atoms with E-state index in [4.69, 9.17) is 45.0 Å². The molecule has 0 bridgehead atoms. The first-order chi connectivity index (χ1) is 23.5. The van der Waals surface area contributed by atoms with E-state index in [2.05, 4.69) is 40.1 Å². The molecule has 26 heteroatoms. The predicted octanol–water partition coefficient (Wildman–Crippen LogP) is -2.39. The van der Waals surface area contributed by atoms with Crippen molar-refractivity contribution in [3.05, 3.63) is 41.8 Å². The Bertz CT molecular complexity index is 1320. The zero-order valence-electron chi connectivity index (χ0n) is 25.3. The van der Waals surface area contributed by atoms with Crippen LogP contribution in [-0.4, -0.2) is 171 Å². The van der Waals surface area contributed by atoms with Crippen molar-refractivity contribution >= 4 is 0 Å². The van der Waals surface area contributed by atoms with E-state index in [0.717, 1.165) is 0 Å². The second-order valence-electron chi connectivity index (χ2n) is 11.5. The summed E-state index contributed by atoms with van der Waals surface area (Å²) in [5.41, 5.74) is 36.1. The highest BCUT2D eigenvalue weighted by Crippen LogP contribution is 2.37. The number of ether oxygens (including phenoxy) is 6. The number of azide groups is 4. The van der Waals surface area contributed by atoms with Crippen molar-refractivity contribution in [2.45, 2.75) is 123 Å². The van der Waals surface area contributed by atoms with Crippen LogP contribution in [0.5, 0.6) is 0 Å². The van der Waals surface area contributed by atoms with E-state index in [1.807, 2.05) is 0 Å². The molecule has 8 N–H and O–H groups in total. The summed E-state index contributed by atoms with van der Waals surface area (Å²) in [4.78, 5) is 10.7. The fourth-order valence-electron chi connectivity index (χ4n) is 6.09. The monoisotopic (exact) mass is 704 g/mol. The molecule has 0 spiro atoms. The number of hydrogen-bond acceptors (Lipinski definition) is 18. The van der Waals surface area contributed by atoms with Crippen molar-refractivity contribution in [2.24, 2.45) is 20.5 Å². The van der Waals surface area contributed by atoms with Crippen LogP contribution in [0.3, 0.4) is 0 Å². The number of aliphatic hydroxyl groups is 8. The zero-order valence-corrected chi connectivity index (χ0v) is 25.3.